The number of benzene rings is 3. The van der Waals surface area contributed by atoms with Gasteiger partial charge in [0.15, 0.2) is 0 Å². The Bertz CT molecular complexity index is 899. The number of likely N-dealkylation sites (tertiary alicyclic amines) is 1. The Labute approximate surface area is 172 Å². The van der Waals surface area contributed by atoms with E-state index >= 15 is 0 Å². The van der Waals surface area contributed by atoms with E-state index in [1.165, 1.54) is 20.9 Å². The molecule has 0 spiro atoms. The second-order valence-corrected chi connectivity index (χ2v) is 8.97. The van der Waals surface area contributed by atoms with Crippen molar-refractivity contribution in [2.24, 2.45) is 0 Å². The number of hydrogen-bond donors (Lipinski definition) is 2. The zero-order valence-corrected chi connectivity index (χ0v) is 17.2. The lowest BCUT2D eigenvalue weighted by Gasteiger charge is -2.37. The summed E-state index contributed by atoms with van der Waals surface area (Å²) in [5, 5.41) is 11.5. The van der Waals surface area contributed by atoms with Crippen molar-refractivity contribution in [2.45, 2.75) is 41.7 Å². The van der Waals surface area contributed by atoms with Gasteiger partial charge in [-0.15, -0.1) is 0 Å². The molecule has 1 heterocycles. The molecule has 1 saturated heterocycles. The summed E-state index contributed by atoms with van der Waals surface area (Å²) < 4.78 is 0. The number of hydrogen-bond acceptors (Lipinski definition) is 2. The molecule has 3 aromatic rings. The molecule has 0 radical (unpaired) electrons. The smallest absolute Gasteiger partial charge is 0.103 e. The van der Waals surface area contributed by atoms with E-state index in [4.69, 9.17) is 0 Å². The minimum atomic E-state index is -0.728. The van der Waals surface area contributed by atoms with Crippen molar-refractivity contribution in [2.75, 3.05) is 13.1 Å². The van der Waals surface area contributed by atoms with Gasteiger partial charge in [-0.1, -0.05) is 78.0 Å². The van der Waals surface area contributed by atoms with Gasteiger partial charge in [-0.2, -0.15) is 0 Å². The second-order valence-electron chi connectivity index (χ2n) is 7.86. The molecule has 0 amide bonds. The van der Waals surface area contributed by atoms with Crippen LogP contribution in [0, 0.1) is 6.92 Å². The molecule has 3 heteroatoms. The predicted molar refractivity (Wildman–Crippen MR) is 116 cm³/mol. The molecule has 0 saturated carbocycles. The number of aliphatic hydroxyl groups is 1. The molecular weight excluding hydrogens is 362 g/mol. The van der Waals surface area contributed by atoms with Gasteiger partial charge < -0.3 is 10.0 Å². The number of aryl methyl sites for hydroxylation is 1. The van der Waals surface area contributed by atoms with Crippen LogP contribution in [-0.4, -0.2) is 18.2 Å². The van der Waals surface area contributed by atoms with Gasteiger partial charge in [0.25, 0.3) is 0 Å². The van der Waals surface area contributed by atoms with Crippen molar-refractivity contribution < 1.29 is 10.0 Å². The average molecular weight is 391 g/mol. The van der Waals surface area contributed by atoms with Crippen molar-refractivity contribution in [1.29, 1.82) is 0 Å². The number of rotatable bonds is 5. The summed E-state index contributed by atoms with van der Waals surface area (Å²) in [6.45, 7) is 5.14. The quantitative estimate of drug-likeness (QED) is 0.682. The van der Waals surface area contributed by atoms with Crippen molar-refractivity contribution in [1.82, 2.24) is 0 Å². The number of quaternary nitrogens is 1. The molecule has 4 rings (SSSR count). The highest BCUT2D eigenvalue weighted by Gasteiger charge is 2.37. The molecule has 0 aromatic heterocycles. The zero-order chi connectivity index (χ0) is 19.4. The Kier molecular flexibility index (Phi) is 5.86. The Morgan fingerprint density at radius 1 is 0.857 bits per heavy atom. The van der Waals surface area contributed by atoms with E-state index in [2.05, 4.69) is 85.8 Å². The first-order valence-corrected chi connectivity index (χ1v) is 10.9. The third-order valence-electron chi connectivity index (χ3n) is 5.72. The van der Waals surface area contributed by atoms with Gasteiger partial charge in [-0.3, -0.25) is 0 Å². The standard InChI is InChI=1S/C25H27NOS/c1-20-11-13-22(14-12-20)28-24-10-6-5-9-23(24)25(27)15-17-26(18-16-25)19-21-7-3-2-4-8-21/h2-14,27H,15-19H2,1H3/p+1. The molecule has 1 fully saturated rings. The van der Waals surface area contributed by atoms with E-state index in [-0.39, 0.29) is 0 Å². The Hall–Kier alpha value is -2.07. The fourth-order valence-electron chi connectivity index (χ4n) is 4.02. The van der Waals surface area contributed by atoms with Crippen molar-refractivity contribution >= 4 is 11.8 Å². The van der Waals surface area contributed by atoms with E-state index in [0.717, 1.165) is 38.0 Å². The predicted octanol–water partition coefficient (Wildman–Crippen LogP) is 4.21. The van der Waals surface area contributed by atoms with Crippen LogP contribution < -0.4 is 4.90 Å². The first-order chi connectivity index (χ1) is 13.6. The number of piperidine rings is 1. The summed E-state index contributed by atoms with van der Waals surface area (Å²) in [5.74, 6) is 0. The molecule has 1 aliphatic heterocycles. The largest absolute Gasteiger partial charge is 0.385 e. The fourth-order valence-corrected chi connectivity index (χ4v) is 5.06. The zero-order valence-electron chi connectivity index (χ0n) is 16.4. The maximum atomic E-state index is 11.5. The van der Waals surface area contributed by atoms with Gasteiger partial charge in [0.05, 0.1) is 13.1 Å². The van der Waals surface area contributed by atoms with E-state index in [9.17, 15) is 5.11 Å². The highest BCUT2D eigenvalue weighted by atomic mass is 32.2. The highest BCUT2D eigenvalue weighted by molar-refractivity contribution is 7.99. The van der Waals surface area contributed by atoms with Gasteiger partial charge in [-0.25, -0.2) is 0 Å². The normalized spacial score (nSPS) is 22.1. The summed E-state index contributed by atoms with van der Waals surface area (Å²) in [6, 6.07) is 27.6. The van der Waals surface area contributed by atoms with Crippen LogP contribution in [0.5, 0.6) is 0 Å². The Morgan fingerprint density at radius 3 is 2.21 bits per heavy atom. The van der Waals surface area contributed by atoms with E-state index in [0.29, 0.717) is 0 Å². The lowest BCUT2D eigenvalue weighted by Crippen LogP contribution is -3.12. The molecule has 2 N–H and O–H groups in total. The average Bonchev–Trinajstić information content (AvgIpc) is 2.73. The maximum absolute atomic E-state index is 11.5. The maximum Gasteiger partial charge on any atom is 0.103 e. The molecule has 0 unspecified atom stereocenters. The molecule has 2 nitrogen and oxygen atoms in total. The molecule has 28 heavy (non-hydrogen) atoms. The van der Waals surface area contributed by atoms with E-state index in [1.54, 1.807) is 16.7 Å². The van der Waals surface area contributed by atoms with Crippen molar-refractivity contribution in [3.8, 4) is 0 Å². The minimum absolute atomic E-state index is 0.728. The van der Waals surface area contributed by atoms with Gasteiger partial charge in [0.1, 0.15) is 12.1 Å². The van der Waals surface area contributed by atoms with Crippen LogP contribution in [0.3, 0.4) is 0 Å². The van der Waals surface area contributed by atoms with Gasteiger partial charge in [0, 0.05) is 28.2 Å². The Morgan fingerprint density at radius 2 is 1.50 bits per heavy atom. The molecule has 0 atom stereocenters. The SMILES string of the molecule is Cc1ccc(Sc2ccccc2C2(O)CC[NH+](Cc3ccccc3)CC2)cc1. The third-order valence-corrected chi connectivity index (χ3v) is 6.80. The molecule has 3 aromatic carbocycles. The second kappa shape index (κ2) is 8.52. The van der Waals surface area contributed by atoms with Crippen LogP contribution in [-0.2, 0) is 12.1 Å². The first kappa shape index (κ1) is 19.3. The van der Waals surface area contributed by atoms with E-state index < -0.39 is 5.60 Å². The highest BCUT2D eigenvalue weighted by Crippen LogP contribution is 2.39. The summed E-state index contributed by atoms with van der Waals surface area (Å²) in [7, 11) is 0. The van der Waals surface area contributed by atoms with Gasteiger partial charge >= 0.3 is 0 Å². The van der Waals surface area contributed by atoms with Crippen molar-refractivity contribution in [3.63, 3.8) is 0 Å². The van der Waals surface area contributed by atoms with Crippen molar-refractivity contribution in [3.05, 3.63) is 95.6 Å². The van der Waals surface area contributed by atoms with Crippen LogP contribution in [0.2, 0.25) is 0 Å². The molecular formula is C25H28NOS+. The van der Waals surface area contributed by atoms with Crippen LogP contribution in [0.15, 0.2) is 88.7 Å². The summed E-state index contributed by atoms with van der Waals surface area (Å²) in [5.41, 5.74) is 3.00. The lowest BCUT2D eigenvalue weighted by molar-refractivity contribution is -0.921. The summed E-state index contributed by atoms with van der Waals surface area (Å²) in [6.07, 6.45) is 1.61. The third kappa shape index (κ3) is 4.49. The molecule has 144 valence electrons. The van der Waals surface area contributed by atoms with Gasteiger partial charge in [-0.05, 0) is 30.7 Å². The van der Waals surface area contributed by atoms with Crippen LogP contribution in [0.4, 0.5) is 0 Å². The number of nitrogens with one attached hydrogen (secondary N) is 1. The molecule has 0 aliphatic carbocycles. The van der Waals surface area contributed by atoms with Crippen LogP contribution >= 0.6 is 11.8 Å². The fraction of sp³-hybridized carbons (Fsp3) is 0.280. The minimum Gasteiger partial charge on any atom is -0.385 e. The first-order valence-electron chi connectivity index (χ1n) is 10.1. The Balaban J connectivity index is 1.47. The molecule has 0 bridgehead atoms. The summed E-state index contributed by atoms with van der Waals surface area (Å²) in [4.78, 5) is 3.94. The summed E-state index contributed by atoms with van der Waals surface area (Å²) >= 11 is 1.75. The van der Waals surface area contributed by atoms with Crippen LogP contribution in [0.1, 0.15) is 29.5 Å². The van der Waals surface area contributed by atoms with Crippen LogP contribution in [0.25, 0.3) is 0 Å². The molecule has 1 aliphatic rings. The van der Waals surface area contributed by atoms with Gasteiger partial charge in [0.2, 0.25) is 0 Å². The monoisotopic (exact) mass is 390 g/mol. The topological polar surface area (TPSA) is 24.7 Å². The lowest BCUT2D eigenvalue weighted by atomic mass is 9.84. The van der Waals surface area contributed by atoms with E-state index in [1.807, 2.05) is 0 Å².